The molecule has 0 fully saturated rings. The number of hydrogen-bond acceptors (Lipinski definition) is 5. The topological polar surface area (TPSA) is 97.1 Å². The number of benzene rings is 1. The molecule has 0 amide bonds. The predicted molar refractivity (Wildman–Crippen MR) is 74.3 cm³/mol. The monoisotopic (exact) mass is 316 g/mol. The molecule has 0 bridgehead atoms. The number of pyridine rings is 1. The summed E-state index contributed by atoms with van der Waals surface area (Å²) in [5, 5.41) is -0.0558. The lowest BCUT2D eigenvalue weighted by molar-refractivity contribution is 0.598. The maximum atomic E-state index is 13.6. The maximum Gasteiger partial charge on any atom is 0.265 e. The molecular formula is C11H10ClFN4O2S. The first-order valence-corrected chi connectivity index (χ1v) is 7.19. The molecule has 0 aliphatic carbocycles. The van der Waals surface area contributed by atoms with E-state index in [9.17, 15) is 12.8 Å². The number of nitrogens with zero attached hydrogens (tertiary/aromatic N) is 1. The molecule has 2 rings (SSSR count). The van der Waals surface area contributed by atoms with E-state index in [2.05, 4.69) is 15.1 Å². The third kappa shape index (κ3) is 2.82. The molecular weight excluding hydrogens is 307 g/mol. The van der Waals surface area contributed by atoms with Crippen molar-refractivity contribution in [1.82, 2.24) is 4.98 Å². The number of nitrogens with one attached hydrogen (secondary N) is 2. The summed E-state index contributed by atoms with van der Waals surface area (Å²) in [7, 11) is -4.08. The van der Waals surface area contributed by atoms with Crippen LogP contribution in [-0.4, -0.2) is 13.4 Å². The van der Waals surface area contributed by atoms with Crippen molar-refractivity contribution in [1.29, 1.82) is 0 Å². The molecule has 2 aromatic rings. The van der Waals surface area contributed by atoms with E-state index < -0.39 is 15.8 Å². The Morgan fingerprint density at radius 3 is 2.70 bits per heavy atom. The van der Waals surface area contributed by atoms with Gasteiger partial charge in [-0.2, -0.15) is 0 Å². The van der Waals surface area contributed by atoms with Crippen molar-refractivity contribution in [3.05, 3.63) is 47.5 Å². The Morgan fingerprint density at radius 1 is 1.30 bits per heavy atom. The largest absolute Gasteiger partial charge is 0.323 e. The van der Waals surface area contributed by atoms with Crippen LogP contribution in [0.2, 0.25) is 5.02 Å². The van der Waals surface area contributed by atoms with Gasteiger partial charge in [-0.3, -0.25) is 15.5 Å². The first-order valence-electron chi connectivity index (χ1n) is 5.33. The minimum Gasteiger partial charge on any atom is -0.323 e. The van der Waals surface area contributed by atoms with Crippen LogP contribution in [0.5, 0.6) is 0 Å². The van der Waals surface area contributed by atoms with E-state index in [-0.39, 0.29) is 21.3 Å². The van der Waals surface area contributed by atoms with Crippen molar-refractivity contribution in [3.63, 3.8) is 0 Å². The van der Waals surface area contributed by atoms with E-state index in [0.29, 0.717) is 0 Å². The second kappa shape index (κ2) is 5.61. The molecule has 20 heavy (non-hydrogen) atoms. The summed E-state index contributed by atoms with van der Waals surface area (Å²) in [5.41, 5.74) is 2.02. The number of rotatable bonds is 4. The van der Waals surface area contributed by atoms with Gasteiger partial charge >= 0.3 is 0 Å². The van der Waals surface area contributed by atoms with Crippen molar-refractivity contribution < 1.29 is 12.8 Å². The number of aromatic nitrogens is 1. The first-order chi connectivity index (χ1) is 9.45. The zero-order chi connectivity index (χ0) is 14.8. The van der Waals surface area contributed by atoms with Gasteiger partial charge in [0.1, 0.15) is 16.4 Å². The van der Waals surface area contributed by atoms with E-state index in [1.54, 1.807) is 0 Å². The lowest BCUT2D eigenvalue weighted by Gasteiger charge is -2.12. The molecule has 6 nitrogen and oxygen atoms in total. The summed E-state index contributed by atoms with van der Waals surface area (Å²) in [6.45, 7) is 0. The van der Waals surface area contributed by atoms with Crippen LogP contribution >= 0.6 is 11.6 Å². The Kier molecular flexibility index (Phi) is 4.07. The molecule has 0 saturated carbocycles. The summed E-state index contributed by atoms with van der Waals surface area (Å²) >= 11 is 5.77. The van der Waals surface area contributed by atoms with Gasteiger partial charge in [0.2, 0.25) is 0 Å². The van der Waals surface area contributed by atoms with Crippen molar-refractivity contribution in [2.45, 2.75) is 4.90 Å². The molecule has 0 spiro atoms. The fourth-order valence-electron chi connectivity index (χ4n) is 1.50. The third-order valence-electron chi connectivity index (χ3n) is 2.43. The second-order valence-electron chi connectivity index (χ2n) is 3.72. The lowest BCUT2D eigenvalue weighted by Crippen LogP contribution is -2.18. The summed E-state index contributed by atoms with van der Waals surface area (Å²) in [6.07, 6.45) is 2.45. The average molecular weight is 317 g/mol. The standard InChI is InChI=1S/C11H10ClFN4O2S/c12-7-2-1-3-8(13)11(7)17-20(18,19)10-6-15-5-4-9(10)16-14/h1-6,17H,14H2,(H,15,16). The highest BCUT2D eigenvalue weighted by Gasteiger charge is 2.21. The number of sulfonamides is 1. The highest BCUT2D eigenvalue weighted by molar-refractivity contribution is 7.92. The Bertz CT molecular complexity index is 719. The number of hydrogen-bond donors (Lipinski definition) is 3. The average Bonchev–Trinajstić information content (AvgIpc) is 2.43. The predicted octanol–water partition coefficient (Wildman–Crippen LogP) is 1.96. The van der Waals surface area contributed by atoms with Crippen LogP contribution in [0.1, 0.15) is 0 Å². The smallest absolute Gasteiger partial charge is 0.265 e. The van der Waals surface area contributed by atoms with Gasteiger partial charge < -0.3 is 5.43 Å². The lowest BCUT2D eigenvalue weighted by atomic mass is 10.3. The van der Waals surface area contributed by atoms with Crippen LogP contribution in [0.25, 0.3) is 0 Å². The van der Waals surface area contributed by atoms with Crippen LogP contribution in [0.15, 0.2) is 41.6 Å². The van der Waals surface area contributed by atoms with Gasteiger partial charge in [0.05, 0.1) is 10.7 Å². The van der Waals surface area contributed by atoms with Gasteiger partial charge in [0, 0.05) is 12.4 Å². The van der Waals surface area contributed by atoms with E-state index in [0.717, 1.165) is 12.3 Å². The number of anilines is 2. The SMILES string of the molecule is NNc1ccncc1S(=O)(=O)Nc1c(F)cccc1Cl. The normalized spacial score (nSPS) is 11.2. The molecule has 9 heteroatoms. The zero-order valence-corrected chi connectivity index (χ0v) is 11.5. The van der Waals surface area contributed by atoms with Crippen molar-refractivity contribution in [3.8, 4) is 0 Å². The van der Waals surface area contributed by atoms with E-state index in [4.69, 9.17) is 17.4 Å². The molecule has 0 aliphatic heterocycles. The molecule has 0 aliphatic rings. The van der Waals surface area contributed by atoms with Gasteiger partial charge in [-0.1, -0.05) is 17.7 Å². The minimum absolute atomic E-state index is 0.0558. The Morgan fingerprint density at radius 2 is 2.05 bits per heavy atom. The summed E-state index contributed by atoms with van der Waals surface area (Å²) in [6, 6.07) is 5.20. The van der Waals surface area contributed by atoms with Crippen LogP contribution in [0.4, 0.5) is 15.8 Å². The fraction of sp³-hybridized carbons (Fsp3) is 0. The Hall–Kier alpha value is -1.90. The van der Waals surface area contributed by atoms with E-state index in [1.807, 2.05) is 0 Å². The molecule has 1 heterocycles. The van der Waals surface area contributed by atoms with Gasteiger partial charge in [-0.05, 0) is 18.2 Å². The number of nitrogens with two attached hydrogens (primary N) is 1. The minimum atomic E-state index is -4.08. The number of halogens is 2. The Balaban J connectivity index is 2.47. The summed E-state index contributed by atoms with van der Waals surface area (Å²) in [5.74, 6) is 4.45. The van der Waals surface area contributed by atoms with Gasteiger partial charge in [0.15, 0.2) is 0 Å². The van der Waals surface area contributed by atoms with E-state index in [1.165, 1.54) is 24.4 Å². The zero-order valence-electron chi connectivity index (χ0n) is 9.97. The van der Waals surface area contributed by atoms with Crippen LogP contribution in [0.3, 0.4) is 0 Å². The molecule has 0 saturated heterocycles. The molecule has 1 aromatic heterocycles. The molecule has 106 valence electrons. The molecule has 0 unspecified atom stereocenters. The first kappa shape index (κ1) is 14.5. The van der Waals surface area contributed by atoms with Gasteiger partial charge in [-0.25, -0.2) is 12.8 Å². The quantitative estimate of drug-likeness (QED) is 0.592. The highest BCUT2D eigenvalue weighted by Crippen LogP contribution is 2.28. The third-order valence-corrected chi connectivity index (χ3v) is 4.12. The summed E-state index contributed by atoms with van der Waals surface area (Å²) < 4.78 is 40.1. The van der Waals surface area contributed by atoms with Crippen LogP contribution < -0.4 is 16.0 Å². The molecule has 1 aromatic carbocycles. The number of nitrogen functional groups attached to an aromatic ring is 1. The van der Waals surface area contributed by atoms with Crippen molar-refractivity contribution >= 4 is 33.0 Å². The second-order valence-corrected chi connectivity index (χ2v) is 5.78. The molecule has 4 N–H and O–H groups in total. The van der Waals surface area contributed by atoms with Gasteiger partial charge in [-0.15, -0.1) is 0 Å². The molecule has 0 radical (unpaired) electrons. The van der Waals surface area contributed by atoms with Crippen LogP contribution in [0, 0.1) is 5.82 Å². The fourth-order valence-corrected chi connectivity index (χ4v) is 2.97. The van der Waals surface area contributed by atoms with Crippen molar-refractivity contribution in [2.24, 2.45) is 5.84 Å². The summed E-state index contributed by atoms with van der Waals surface area (Å²) in [4.78, 5) is 3.48. The van der Waals surface area contributed by atoms with Crippen LogP contribution in [-0.2, 0) is 10.0 Å². The number of para-hydroxylation sites is 1. The Labute approximate surface area is 119 Å². The van der Waals surface area contributed by atoms with E-state index >= 15 is 0 Å². The highest BCUT2D eigenvalue weighted by atomic mass is 35.5. The van der Waals surface area contributed by atoms with Crippen molar-refractivity contribution in [2.75, 3.05) is 10.1 Å². The van der Waals surface area contributed by atoms with Gasteiger partial charge in [0.25, 0.3) is 10.0 Å². The molecule has 0 atom stereocenters. The number of hydrazine groups is 1. The maximum absolute atomic E-state index is 13.6.